The number of amides is 1. The number of carbonyl (C=O) groups excluding carboxylic acids is 1. The van der Waals surface area contributed by atoms with Gasteiger partial charge in [-0.15, -0.1) is 0 Å². The van der Waals surface area contributed by atoms with E-state index in [1.54, 1.807) is 54.6 Å². The maximum absolute atomic E-state index is 13.4. The fraction of sp³-hybridized carbons (Fsp3) is 0.200. The molecule has 3 aromatic rings. The highest BCUT2D eigenvalue weighted by atomic mass is 32.2. The maximum Gasteiger partial charge on any atom is 0.264 e. The van der Waals surface area contributed by atoms with Gasteiger partial charge < -0.3 is 14.2 Å². The molecule has 0 fully saturated rings. The van der Waals surface area contributed by atoms with Crippen LogP contribution < -0.4 is 23.9 Å². The van der Waals surface area contributed by atoms with Crippen molar-refractivity contribution in [3.63, 3.8) is 0 Å². The quantitative estimate of drug-likeness (QED) is 0.340. The Hall–Kier alpha value is -4.05. The summed E-state index contributed by atoms with van der Waals surface area (Å²) in [7, 11) is 0.487. The van der Waals surface area contributed by atoms with E-state index in [4.69, 9.17) is 14.2 Å². The van der Waals surface area contributed by atoms with E-state index in [1.807, 2.05) is 6.92 Å². The monoisotopic (exact) mass is 497 g/mol. The third-order valence-corrected chi connectivity index (χ3v) is 6.87. The third-order valence-electron chi connectivity index (χ3n) is 5.08. The van der Waals surface area contributed by atoms with Gasteiger partial charge in [0.1, 0.15) is 12.3 Å². The Labute approximate surface area is 205 Å². The molecule has 0 aromatic heterocycles. The first-order valence-corrected chi connectivity index (χ1v) is 12.0. The first kappa shape index (κ1) is 25.6. The molecular weight excluding hydrogens is 470 g/mol. The Morgan fingerprint density at radius 1 is 0.943 bits per heavy atom. The summed E-state index contributed by atoms with van der Waals surface area (Å²) >= 11 is 0. The first-order chi connectivity index (χ1) is 16.8. The van der Waals surface area contributed by atoms with E-state index in [9.17, 15) is 13.2 Å². The van der Waals surface area contributed by atoms with Crippen LogP contribution in [-0.4, -0.2) is 48.4 Å². The van der Waals surface area contributed by atoms with Gasteiger partial charge in [-0.05, 0) is 55.5 Å². The molecule has 0 bridgehead atoms. The van der Waals surface area contributed by atoms with Crippen LogP contribution in [0.1, 0.15) is 11.1 Å². The van der Waals surface area contributed by atoms with Gasteiger partial charge in [-0.2, -0.15) is 5.10 Å². The molecule has 0 saturated heterocycles. The minimum Gasteiger partial charge on any atom is -0.497 e. The SMILES string of the molecule is COc1ccc(N(CC(=O)N/N=C/c2cccc(OC)c2OC)S(=O)(=O)c2ccc(C)cc2)cc1. The fourth-order valence-corrected chi connectivity index (χ4v) is 4.68. The van der Waals surface area contributed by atoms with Gasteiger partial charge in [0.05, 0.1) is 38.1 Å². The molecule has 0 saturated carbocycles. The molecule has 0 heterocycles. The lowest BCUT2D eigenvalue weighted by atomic mass is 10.2. The van der Waals surface area contributed by atoms with Crippen molar-refractivity contribution in [3.8, 4) is 17.2 Å². The Morgan fingerprint density at radius 2 is 1.63 bits per heavy atom. The number of methoxy groups -OCH3 is 3. The lowest BCUT2D eigenvalue weighted by molar-refractivity contribution is -0.119. The summed E-state index contributed by atoms with van der Waals surface area (Å²) < 4.78 is 43.6. The zero-order valence-corrected chi connectivity index (χ0v) is 20.7. The van der Waals surface area contributed by atoms with E-state index in [1.165, 1.54) is 39.7 Å². The highest BCUT2D eigenvalue weighted by molar-refractivity contribution is 7.92. The van der Waals surface area contributed by atoms with E-state index in [0.717, 1.165) is 9.87 Å². The summed E-state index contributed by atoms with van der Waals surface area (Å²) in [5.41, 5.74) is 4.18. The largest absolute Gasteiger partial charge is 0.497 e. The normalized spacial score (nSPS) is 11.2. The fourth-order valence-electron chi connectivity index (χ4n) is 3.25. The van der Waals surface area contributed by atoms with Gasteiger partial charge >= 0.3 is 0 Å². The molecule has 0 atom stereocenters. The van der Waals surface area contributed by atoms with E-state index in [0.29, 0.717) is 28.5 Å². The first-order valence-electron chi connectivity index (χ1n) is 10.6. The molecule has 3 rings (SSSR count). The Balaban J connectivity index is 1.85. The minimum absolute atomic E-state index is 0.0661. The second-order valence-electron chi connectivity index (χ2n) is 7.40. The van der Waals surface area contributed by atoms with Gasteiger partial charge in [0.15, 0.2) is 11.5 Å². The van der Waals surface area contributed by atoms with Gasteiger partial charge in [0.25, 0.3) is 15.9 Å². The molecule has 10 heteroatoms. The van der Waals surface area contributed by atoms with Gasteiger partial charge in [0, 0.05) is 5.56 Å². The van der Waals surface area contributed by atoms with Crippen LogP contribution in [0.4, 0.5) is 5.69 Å². The standard InChI is InChI=1S/C25H27N3O6S/c1-18-8-14-22(15-9-18)35(30,31)28(20-10-12-21(32-2)13-11-20)17-24(29)27-26-16-19-6-5-7-23(33-3)25(19)34-4/h5-16H,17H2,1-4H3,(H,27,29)/b26-16+. The van der Waals surface area contributed by atoms with Gasteiger partial charge in [-0.25, -0.2) is 13.8 Å². The molecule has 35 heavy (non-hydrogen) atoms. The number of nitrogens with zero attached hydrogens (tertiary/aromatic N) is 2. The van der Waals surface area contributed by atoms with E-state index < -0.39 is 22.5 Å². The molecule has 0 aliphatic heterocycles. The summed E-state index contributed by atoms with van der Waals surface area (Å²) in [6.07, 6.45) is 1.39. The van der Waals surface area contributed by atoms with Crippen molar-refractivity contribution in [2.24, 2.45) is 5.10 Å². The third kappa shape index (κ3) is 6.10. The number of hydrogen-bond donors (Lipinski definition) is 1. The van der Waals surface area contributed by atoms with Crippen molar-refractivity contribution < 1.29 is 27.4 Å². The smallest absolute Gasteiger partial charge is 0.264 e. The summed E-state index contributed by atoms with van der Waals surface area (Å²) in [5.74, 6) is 0.893. The van der Waals surface area contributed by atoms with Crippen molar-refractivity contribution in [2.75, 3.05) is 32.2 Å². The molecular formula is C25H27N3O6S. The van der Waals surface area contributed by atoms with E-state index >= 15 is 0 Å². The zero-order chi connectivity index (χ0) is 25.4. The van der Waals surface area contributed by atoms with E-state index in [2.05, 4.69) is 10.5 Å². The number of aryl methyl sites for hydroxylation is 1. The number of hydrogen-bond acceptors (Lipinski definition) is 7. The van der Waals surface area contributed by atoms with Crippen LogP contribution in [-0.2, 0) is 14.8 Å². The van der Waals surface area contributed by atoms with Gasteiger partial charge in [0.2, 0.25) is 0 Å². The molecule has 9 nitrogen and oxygen atoms in total. The molecule has 3 aromatic carbocycles. The summed E-state index contributed by atoms with van der Waals surface area (Å²) in [4.78, 5) is 12.8. The van der Waals surface area contributed by atoms with Crippen molar-refractivity contribution in [1.82, 2.24) is 5.43 Å². The lowest BCUT2D eigenvalue weighted by Crippen LogP contribution is -2.39. The molecule has 0 aliphatic rings. The van der Waals surface area contributed by atoms with Crippen molar-refractivity contribution >= 4 is 27.8 Å². The Morgan fingerprint density at radius 3 is 2.23 bits per heavy atom. The topological polar surface area (TPSA) is 107 Å². The number of hydrazone groups is 1. The highest BCUT2D eigenvalue weighted by Crippen LogP contribution is 2.29. The summed E-state index contributed by atoms with van der Waals surface area (Å²) in [6.45, 7) is 1.37. The molecule has 184 valence electrons. The highest BCUT2D eigenvalue weighted by Gasteiger charge is 2.27. The molecule has 0 aliphatic carbocycles. The number of carbonyl (C=O) groups is 1. The van der Waals surface area contributed by atoms with Crippen LogP contribution in [0.25, 0.3) is 0 Å². The molecule has 0 unspecified atom stereocenters. The number of ether oxygens (including phenoxy) is 3. The second-order valence-corrected chi connectivity index (χ2v) is 9.26. The van der Waals surface area contributed by atoms with Crippen LogP contribution in [0, 0.1) is 6.92 Å². The summed E-state index contributed by atoms with van der Waals surface area (Å²) in [6, 6.07) is 18.0. The van der Waals surface area contributed by atoms with E-state index in [-0.39, 0.29) is 4.90 Å². The summed E-state index contributed by atoms with van der Waals surface area (Å²) in [5, 5.41) is 3.96. The van der Waals surface area contributed by atoms with Crippen molar-refractivity contribution in [2.45, 2.75) is 11.8 Å². The second kappa shape index (κ2) is 11.4. The van der Waals surface area contributed by atoms with Crippen LogP contribution >= 0.6 is 0 Å². The molecule has 1 N–H and O–H groups in total. The Bertz CT molecular complexity index is 1290. The molecule has 0 radical (unpaired) electrons. The number of anilines is 1. The van der Waals surface area contributed by atoms with Gasteiger partial charge in [-0.3, -0.25) is 9.10 Å². The van der Waals surface area contributed by atoms with Crippen LogP contribution in [0.3, 0.4) is 0 Å². The minimum atomic E-state index is -4.04. The van der Waals surface area contributed by atoms with Crippen LogP contribution in [0.2, 0.25) is 0 Å². The predicted octanol–water partition coefficient (Wildman–Crippen LogP) is 3.37. The van der Waals surface area contributed by atoms with Crippen LogP contribution in [0.5, 0.6) is 17.2 Å². The number of benzene rings is 3. The molecule has 0 spiro atoms. The number of nitrogens with one attached hydrogen (secondary N) is 1. The number of sulfonamides is 1. The predicted molar refractivity (Wildman–Crippen MR) is 134 cm³/mol. The number of para-hydroxylation sites is 1. The Kier molecular flexibility index (Phi) is 8.32. The van der Waals surface area contributed by atoms with Crippen LogP contribution in [0.15, 0.2) is 76.7 Å². The maximum atomic E-state index is 13.4. The number of rotatable bonds is 10. The van der Waals surface area contributed by atoms with Crippen molar-refractivity contribution in [3.05, 3.63) is 77.9 Å². The van der Waals surface area contributed by atoms with Gasteiger partial charge in [-0.1, -0.05) is 23.8 Å². The zero-order valence-electron chi connectivity index (χ0n) is 19.9. The average molecular weight is 498 g/mol. The molecule has 1 amide bonds. The average Bonchev–Trinajstić information content (AvgIpc) is 2.87. The van der Waals surface area contributed by atoms with Crippen molar-refractivity contribution in [1.29, 1.82) is 0 Å². The lowest BCUT2D eigenvalue weighted by Gasteiger charge is -2.24.